The summed E-state index contributed by atoms with van der Waals surface area (Å²) < 4.78 is 15.1. The van der Waals surface area contributed by atoms with Gasteiger partial charge in [0.2, 0.25) is 0 Å². The number of hydrogen-bond donors (Lipinski definition) is 2. The lowest BCUT2D eigenvalue weighted by molar-refractivity contribution is 0.145. The lowest BCUT2D eigenvalue weighted by Crippen LogP contribution is -2.61. The first-order chi connectivity index (χ1) is 12.1. The van der Waals surface area contributed by atoms with E-state index in [2.05, 4.69) is 50.4 Å². The average molecular weight is 359 g/mol. The van der Waals surface area contributed by atoms with Crippen molar-refractivity contribution in [1.29, 1.82) is 0 Å². The van der Waals surface area contributed by atoms with Crippen LogP contribution in [0.2, 0.25) is 0 Å². The molecule has 2 N–H and O–H groups in total. The average Bonchev–Trinajstić information content (AvgIpc) is 2.78. The Bertz CT molecular complexity index is 758. The smallest absolute Gasteiger partial charge is 0.123 e. The number of piperidine rings is 1. The molecule has 0 atom stereocenters. The number of hydrogen-bond acceptors (Lipinski definition) is 3. The molecule has 5 heteroatoms. The Labute approximate surface area is 156 Å². The number of aromatic nitrogens is 2. The summed E-state index contributed by atoms with van der Waals surface area (Å²) in [5.74, 6) is -0.228. The summed E-state index contributed by atoms with van der Waals surface area (Å²) in [5, 5.41) is 12.2. The van der Waals surface area contributed by atoms with Gasteiger partial charge in [0.1, 0.15) is 5.82 Å². The maximum Gasteiger partial charge on any atom is 0.123 e. The highest BCUT2D eigenvalue weighted by atomic mass is 19.1. The lowest BCUT2D eigenvalue weighted by Gasteiger charge is -2.46. The number of benzene rings is 1. The largest absolute Gasteiger partial charge is 0.310 e. The molecular formula is C21H31FN4. The monoisotopic (exact) mass is 358 g/mol. The molecule has 142 valence electrons. The van der Waals surface area contributed by atoms with Crippen molar-refractivity contribution in [2.24, 2.45) is 0 Å². The van der Waals surface area contributed by atoms with E-state index in [1.165, 1.54) is 17.7 Å². The third-order valence-electron chi connectivity index (χ3n) is 5.27. The Morgan fingerprint density at radius 2 is 1.69 bits per heavy atom. The summed E-state index contributed by atoms with van der Waals surface area (Å²) >= 11 is 0. The van der Waals surface area contributed by atoms with Crippen LogP contribution in [0.3, 0.4) is 0 Å². The summed E-state index contributed by atoms with van der Waals surface area (Å²) in [7, 11) is 0. The highest BCUT2D eigenvalue weighted by Gasteiger charge is 2.37. The standard InChI is InChI=1S/C21H31FN4/c1-14-19(13-23-17-11-20(3,4)25-21(5,6)12-17)15(2)26(24-14)18-9-7-16(22)8-10-18/h7-10,17,23,25H,11-13H2,1-6H3. The second-order valence-electron chi connectivity index (χ2n) is 8.92. The van der Waals surface area contributed by atoms with E-state index < -0.39 is 0 Å². The van der Waals surface area contributed by atoms with Crippen molar-refractivity contribution in [2.75, 3.05) is 0 Å². The lowest BCUT2D eigenvalue weighted by atomic mass is 9.79. The molecule has 1 aliphatic heterocycles. The van der Waals surface area contributed by atoms with Gasteiger partial charge in [-0.15, -0.1) is 0 Å². The first-order valence-electron chi connectivity index (χ1n) is 9.40. The van der Waals surface area contributed by atoms with Gasteiger partial charge in [-0.2, -0.15) is 5.10 Å². The molecule has 26 heavy (non-hydrogen) atoms. The molecule has 0 unspecified atom stereocenters. The highest BCUT2D eigenvalue weighted by molar-refractivity contribution is 5.37. The number of aryl methyl sites for hydroxylation is 1. The summed E-state index contributed by atoms with van der Waals surface area (Å²) in [6, 6.07) is 6.95. The summed E-state index contributed by atoms with van der Waals surface area (Å²) in [6.45, 7) is 14.0. The van der Waals surface area contributed by atoms with Crippen LogP contribution in [0.25, 0.3) is 5.69 Å². The minimum absolute atomic E-state index is 0.127. The fourth-order valence-corrected chi connectivity index (χ4v) is 4.48. The van der Waals surface area contributed by atoms with Crippen LogP contribution in [0.1, 0.15) is 57.5 Å². The molecule has 0 amide bonds. The van der Waals surface area contributed by atoms with Gasteiger partial charge in [0.15, 0.2) is 0 Å². The van der Waals surface area contributed by atoms with E-state index in [0.717, 1.165) is 36.5 Å². The Balaban J connectivity index is 1.75. The Morgan fingerprint density at radius 3 is 2.27 bits per heavy atom. The van der Waals surface area contributed by atoms with E-state index in [-0.39, 0.29) is 16.9 Å². The molecule has 2 aromatic rings. The van der Waals surface area contributed by atoms with Crippen LogP contribution in [0, 0.1) is 19.7 Å². The van der Waals surface area contributed by atoms with Crippen molar-refractivity contribution >= 4 is 0 Å². The van der Waals surface area contributed by atoms with Crippen molar-refractivity contribution in [3.63, 3.8) is 0 Å². The van der Waals surface area contributed by atoms with Crippen molar-refractivity contribution in [1.82, 2.24) is 20.4 Å². The van der Waals surface area contributed by atoms with Gasteiger partial charge >= 0.3 is 0 Å². The zero-order valence-electron chi connectivity index (χ0n) is 16.8. The number of rotatable bonds is 4. The Kier molecular flexibility index (Phi) is 4.97. The summed E-state index contributed by atoms with van der Waals surface area (Å²) in [4.78, 5) is 0. The summed E-state index contributed by atoms with van der Waals surface area (Å²) in [6.07, 6.45) is 2.20. The second-order valence-corrected chi connectivity index (χ2v) is 8.92. The van der Waals surface area contributed by atoms with E-state index in [4.69, 9.17) is 0 Å². The maximum atomic E-state index is 13.2. The molecule has 4 nitrogen and oxygen atoms in total. The number of nitrogens with one attached hydrogen (secondary N) is 2. The topological polar surface area (TPSA) is 41.9 Å². The quantitative estimate of drug-likeness (QED) is 0.867. The zero-order valence-corrected chi connectivity index (χ0v) is 16.8. The van der Waals surface area contributed by atoms with Crippen LogP contribution in [0.4, 0.5) is 4.39 Å². The molecule has 1 saturated heterocycles. The van der Waals surface area contributed by atoms with Crippen molar-refractivity contribution in [2.45, 2.75) is 78.0 Å². The summed E-state index contributed by atoms with van der Waals surface area (Å²) in [5.41, 5.74) is 4.50. The fraction of sp³-hybridized carbons (Fsp3) is 0.571. The molecular weight excluding hydrogens is 327 g/mol. The molecule has 2 heterocycles. The van der Waals surface area contributed by atoms with Gasteiger partial charge in [-0.3, -0.25) is 0 Å². The fourth-order valence-electron chi connectivity index (χ4n) is 4.48. The van der Waals surface area contributed by atoms with Gasteiger partial charge in [0.05, 0.1) is 11.4 Å². The normalized spacial score (nSPS) is 19.7. The van der Waals surface area contributed by atoms with Gasteiger partial charge < -0.3 is 10.6 Å². The zero-order chi connectivity index (χ0) is 19.1. The molecule has 0 spiro atoms. The maximum absolute atomic E-state index is 13.2. The van der Waals surface area contributed by atoms with E-state index in [0.29, 0.717) is 6.04 Å². The Morgan fingerprint density at radius 1 is 1.12 bits per heavy atom. The van der Waals surface area contributed by atoms with E-state index in [9.17, 15) is 4.39 Å². The molecule has 1 fully saturated rings. The minimum Gasteiger partial charge on any atom is -0.310 e. The SMILES string of the molecule is Cc1nn(-c2ccc(F)cc2)c(C)c1CNC1CC(C)(C)NC(C)(C)C1. The van der Waals surface area contributed by atoms with Gasteiger partial charge in [0.25, 0.3) is 0 Å². The van der Waals surface area contributed by atoms with Crippen LogP contribution in [-0.2, 0) is 6.54 Å². The predicted octanol–water partition coefficient (Wildman–Crippen LogP) is 4.03. The molecule has 3 rings (SSSR count). The van der Waals surface area contributed by atoms with Crippen LogP contribution in [0.5, 0.6) is 0 Å². The van der Waals surface area contributed by atoms with Crippen LogP contribution < -0.4 is 10.6 Å². The number of nitrogens with zero attached hydrogens (tertiary/aromatic N) is 2. The van der Waals surface area contributed by atoms with E-state index >= 15 is 0 Å². The van der Waals surface area contributed by atoms with Gasteiger partial charge in [0, 0.05) is 34.9 Å². The minimum atomic E-state index is -0.228. The van der Waals surface area contributed by atoms with Gasteiger partial charge in [-0.1, -0.05) is 0 Å². The molecule has 1 aromatic heterocycles. The third-order valence-corrected chi connectivity index (χ3v) is 5.27. The number of halogens is 1. The van der Waals surface area contributed by atoms with Crippen LogP contribution >= 0.6 is 0 Å². The van der Waals surface area contributed by atoms with E-state index in [1.807, 2.05) is 11.6 Å². The first-order valence-corrected chi connectivity index (χ1v) is 9.40. The highest BCUT2D eigenvalue weighted by Crippen LogP contribution is 2.29. The molecule has 1 aromatic carbocycles. The van der Waals surface area contributed by atoms with Crippen molar-refractivity contribution in [3.8, 4) is 5.69 Å². The van der Waals surface area contributed by atoms with Crippen LogP contribution in [0.15, 0.2) is 24.3 Å². The second kappa shape index (κ2) is 6.78. The Hall–Kier alpha value is -1.72. The van der Waals surface area contributed by atoms with Crippen molar-refractivity contribution in [3.05, 3.63) is 47.0 Å². The molecule has 0 radical (unpaired) electrons. The van der Waals surface area contributed by atoms with Crippen molar-refractivity contribution < 1.29 is 4.39 Å². The molecule has 0 aliphatic carbocycles. The molecule has 0 bridgehead atoms. The van der Waals surface area contributed by atoms with E-state index in [1.54, 1.807) is 12.1 Å². The molecule has 0 saturated carbocycles. The first kappa shape index (κ1) is 19.1. The van der Waals surface area contributed by atoms with Crippen LogP contribution in [-0.4, -0.2) is 26.9 Å². The van der Waals surface area contributed by atoms with Gasteiger partial charge in [-0.05, 0) is 78.6 Å². The predicted molar refractivity (Wildman–Crippen MR) is 104 cm³/mol. The third kappa shape index (κ3) is 4.15. The van der Waals surface area contributed by atoms with Gasteiger partial charge in [-0.25, -0.2) is 9.07 Å². The molecule has 1 aliphatic rings.